The summed E-state index contributed by atoms with van der Waals surface area (Å²) < 4.78 is 0. The minimum Gasteiger partial charge on any atom is -0.394 e. The second-order valence-electron chi connectivity index (χ2n) is 4.54. The van der Waals surface area contributed by atoms with Gasteiger partial charge in [0, 0.05) is 6.20 Å². The Morgan fingerprint density at radius 2 is 2.00 bits per heavy atom. The van der Waals surface area contributed by atoms with Gasteiger partial charge in [-0.25, -0.2) is 4.98 Å². The van der Waals surface area contributed by atoms with Gasteiger partial charge >= 0.3 is 0 Å². The van der Waals surface area contributed by atoms with Crippen LogP contribution in [-0.4, -0.2) is 28.6 Å². The number of hydrogen-bond acceptors (Lipinski definition) is 3. The summed E-state index contributed by atoms with van der Waals surface area (Å²) in [4.78, 5) is 15.9. The normalized spacial score (nSPS) is 12.0. The molecule has 21 heavy (non-hydrogen) atoms. The lowest BCUT2D eigenvalue weighted by Gasteiger charge is -2.16. The van der Waals surface area contributed by atoms with Gasteiger partial charge in [0.1, 0.15) is 5.15 Å². The standard InChI is InChI=1S/C15H14Cl2N2O2/c16-13-7-11(8-18-14(13)17)15(21)19-12(9-20)6-10-4-2-1-3-5-10/h1-5,7-8,12,20H,6,9H2,(H,19,21)/t12-/m1/s1. The quantitative estimate of drug-likeness (QED) is 0.831. The molecule has 6 heteroatoms. The van der Waals surface area contributed by atoms with Crippen LogP contribution in [-0.2, 0) is 6.42 Å². The minimum absolute atomic E-state index is 0.149. The first-order valence-electron chi connectivity index (χ1n) is 6.37. The summed E-state index contributed by atoms with van der Waals surface area (Å²) in [5, 5.41) is 12.5. The SMILES string of the molecule is O=C(N[C@@H](CO)Cc1ccccc1)c1cnc(Cl)c(Cl)c1. The van der Waals surface area contributed by atoms with E-state index in [2.05, 4.69) is 10.3 Å². The van der Waals surface area contributed by atoms with Crippen LogP contribution < -0.4 is 5.32 Å². The van der Waals surface area contributed by atoms with Crippen LogP contribution in [0, 0.1) is 0 Å². The molecule has 0 unspecified atom stereocenters. The van der Waals surface area contributed by atoms with Crippen molar-refractivity contribution >= 4 is 29.1 Å². The molecule has 1 aromatic carbocycles. The summed E-state index contributed by atoms with van der Waals surface area (Å²) >= 11 is 11.5. The molecule has 1 heterocycles. The van der Waals surface area contributed by atoms with E-state index < -0.39 is 0 Å². The first-order chi connectivity index (χ1) is 10.1. The predicted molar refractivity (Wildman–Crippen MR) is 82.7 cm³/mol. The molecule has 0 aliphatic carbocycles. The third kappa shape index (κ3) is 4.43. The first kappa shape index (κ1) is 15.8. The molecule has 0 radical (unpaired) electrons. The average Bonchev–Trinajstić information content (AvgIpc) is 2.50. The third-order valence-electron chi connectivity index (χ3n) is 2.94. The van der Waals surface area contributed by atoms with Crippen molar-refractivity contribution in [1.29, 1.82) is 0 Å². The molecule has 0 spiro atoms. The Balaban J connectivity index is 2.04. The number of rotatable bonds is 5. The van der Waals surface area contributed by atoms with E-state index in [0.29, 0.717) is 12.0 Å². The number of carbonyl (C=O) groups excluding carboxylic acids is 1. The van der Waals surface area contributed by atoms with E-state index in [0.717, 1.165) is 5.56 Å². The van der Waals surface area contributed by atoms with E-state index in [1.54, 1.807) is 0 Å². The topological polar surface area (TPSA) is 62.2 Å². The van der Waals surface area contributed by atoms with Crippen molar-refractivity contribution in [2.24, 2.45) is 0 Å². The third-order valence-corrected chi connectivity index (χ3v) is 3.63. The van der Waals surface area contributed by atoms with Crippen molar-refractivity contribution in [2.45, 2.75) is 12.5 Å². The highest BCUT2D eigenvalue weighted by atomic mass is 35.5. The zero-order valence-corrected chi connectivity index (χ0v) is 12.6. The molecule has 2 N–H and O–H groups in total. The molecule has 1 atom stereocenters. The Hall–Kier alpha value is -1.62. The van der Waals surface area contributed by atoms with Gasteiger partial charge in [-0.15, -0.1) is 0 Å². The van der Waals surface area contributed by atoms with Gasteiger partial charge in [-0.05, 0) is 18.1 Å². The lowest BCUT2D eigenvalue weighted by molar-refractivity contribution is 0.0916. The van der Waals surface area contributed by atoms with E-state index in [9.17, 15) is 9.90 Å². The number of benzene rings is 1. The Kier molecular flexibility index (Phi) is 5.56. The molecule has 0 aliphatic rings. The molecular weight excluding hydrogens is 311 g/mol. The largest absolute Gasteiger partial charge is 0.394 e. The fourth-order valence-electron chi connectivity index (χ4n) is 1.87. The van der Waals surface area contributed by atoms with Crippen molar-refractivity contribution in [2.75, 3.05) is 6.61 Å². The maximum absolute atomic E-state index is 12.1. The van der Waals surface area contributed by atoms with Gasteiger partial charge in [0.25, 0.3) is 5.91 Å². The van der Waals surface area contributed by atoms with Crippen molar-refractivity contribution in [3.05, 3.63) is 63.9 Å². The van der Waals surface area contributed by atoms with Crippen molar-refractivity contribution in [3.63, 3.8) is 0 Å². The van der Waals surface area contributed by atoms with Crippen molar-refractivity contribution in [3.8, 4) is 0 Å². The van der Waals surface area contributed by atoms with Gasteiger partial charge in [0.15, 0.2) is 0 Å². The van der Waals surface area contributed by atoms with Gasteiger partial charge in [-0.3, -0.25) is 4.79 Å². The number of nitrogens with zero attached hydrogens (tertiary/aromatic N) is 1. The Labute approximate surface area is 132 Å². The fourth-order valence-corrected chi connectivity index (χ4v) is 2.14. The Bertz CT molecular complexity index is 620. The average molecular weight is 325 g/mol. The van der Waals surface area contributed by atoms with E-state index in [4.69, 9.17) is 23.2 Å². The Morgan fingerprint density at radius 1 is 1.29 bits per heavy atom. The maximum Gasteiger partial charge on any atom is 0.253 e. The number of aromatic nitrogens is 1. The lowest BCUT2D eigenvalue weighted by Crippen LogP contribution is -2.39. The van der Waals surface area contributed by atoms with Crippen LogP contribution >= 0.6 is 23.2 Å². The minimum atomic E-state index is -0.380. The van der Waals surface area contributed by atoms with Crippen LogP contribution in [0.5, 0.6) is 0 Å². The number of halogens is 2. The number of aliphatic hydroxyl groups excluding tert-OH is 1. The molecule has 110 valence electrons. The summed E-state index contributed by atoms with van der Waals surface area (Å²) in [6, 6.07) is 10.7. The number of aliphatic hydroxyl groups is 1. The van der Waals surface area contributed by atoms with Crippen molar-refractivity contribution < 1.29 is 9.90 Å². The number of hydrogen-bond donors (Lipinski definition) is 2. The summed E-state index contributed by atoms with van der Waals surface area (Å²) in [6.45, 7) is -0.157. The molecule has 4 nitrogen and oxygen atoms in total. The molecule has 2 rings (SSSR count). The molecular formula is C15H14Cl2N2O2. The summed E-state index contributed by atoms with van der Waals surface area (Å²) in [5.74, 6) is -0.351. The second-order valence-corrected chi connectivity index (χ2v) is 5.30. The molecule has 1 aromatic heterocycles. The van der Waals surface area contributed by atoms with E-state index >= 15 is 0 Å². The Morgan fingerprint density at radius 3 is 2.62 bits per heavy atom. The molecule has 0 saturated carbocycles. The zero-order chi connectivity index (χ0) is 15.2. The molecule has 1 amide bonds. The van der Waals surface area contributed by atoms with Gasteiger partial charge in [0.05, 0.1) is 23.2 Å². The van der Waals surface area contributed by atoms with Crippen LogP contribution in [0.25, 0.3) is 0 Å². The maximum atomic E-state index is 12.1. The molecule has 0 bridgehead atoms. The second kappa shape index (κ2) is 7.41. The van der Waals surface area contributed by atoms with Crippen LogP contribution in [0.15, 0.2) is 42.6 Å². The van der Waals surface area contributed by atoms with Gasteiger partial charge in [-0.1, -0.05) is 53.5 Å². The summed E-state index contributed by atoms with van der Waals surface area (Å²) in [7, 11) is 0. The molecule has 0 aliphatic heterocycles. The van der Waals surface area contributed by atoms with Gasteiger partial charge < -0.3 is 10.4 Å². The number of carbonyl (C=O) groups is 1. The van der Waals surface area contributed by atoms with Crippen molar-refractivity contribution in [1.82, 2.24) is 10.3 Å². The highest BCUT2D eigenvalue weighted by Gasteiger charge is 2.15. The number of nitrogens with one attached hydrogen (secondary N) is 1. The van der Waals surface area contributed by atoms with E-state index in [1.807, 2.05) is 30.3 Å². The predicted octanol–water partition coefficient (Wildman–Crippen LogP) is 2.72. The van der Waals surface area contributed by atoms with Crippen LogP contribution in [0.3, 0.4) is 0 Å². The fraction of sp³-hybridized carbons (Fsp3) is 0.200. The molecule has 0 fully saturated rings. The summed E-state index contributed by atoms with van der Waals surface area (Å²) in [5.41, 5.74) is 1.33. The van der Waals surface area contributed by atoms with Crippen LogP contribution in [0.4, 0.5) is 0 Å². The smallest absolute Gasteiger partial charge is 0.253 e. The lowest BCUT2D eigenvalue weighted by atomic mass is 10.1. The number of pyridine rings is 1. The van der Waals surface area contributed by atoms with Crippen LogP contribution in [0.2, 0.25) is 10.2 Å². The van der Waals surface area contributed by atoms with Gasteiger partial charge in [-0.2, -0.15) is 0 Å². The molecule has 0 saturated heterocycles. The summed E-state index contributed by atoms with van der Waals surface area (Å²) in [6.07, 6.45) is 1.89. The van der Waals surface area contributed by atoms with E-state index in [-0.39, 0.29) is 28.7 Å². The molecule has 2 aromatic rings. The van der Waals surface area contributed by atoms with E-state index in [1.165, 1.54) is 12.3 Å². The first-order valence-corrected chi connectivity index (χ1v) is 7.12. The van der Waals surface area contributed by atoms with Crippen LogP contribution in [0.1, 0.15) is 15.9 Å². The monoisotopic (exact) mass is 324 g/mol. The highest BCUT2D eigenvalue weighted by Crippen LogP contribution is 2.19. The highest BCUT2D eigenvalue weighted by molar-refractivity contribution is 6.41. The zero-order valence-electron chi connectivity index (χ0n) is 11.1. The number of amides is 1. The van der Waals surface area contributed by atoms with Gasteiger partial charge in [0.2, 0.25) is 0 Å².